The van der Waals surface area contributed by atoms with E-state index in [1.807, 2.05) is 30.3 Å². The van der Waals surface area contributed by atoms with Gasteiger partial charge in [-0.15, -0.1) is 5.10 Å². The molecule has 0 spiro atoms. The first-order chi connectivity index (χ1) is 12.6. The quantitative estimate of drug-likeness (QED) is 0.557. The van der Waals surface area contributed by atoms with Crippen LogP contribution in [0, 0.1) is 0 Å². The van der Waals surface area contributed by atoms with E-state index < -0.39 is 5.25 Å². The second-order valence-electron chi connectivity index (χ2n) is 5.25. The molecule has 4 N–H and O–H groups in total. The van der Waals surface area contributed by atoms with Gasteiger partial charge in [0.1, 0.15) is 11.0 Å². The van der Waals surface area contributed by atoms with Crippen LogP contribution >= 0.6 is 23.4 Å². The summed E-state index contributed by atoms with van der Waals surface area (Å²) in [6.45, 7) is 0. The van der Waals surface area contributed by atoms with Crippen molar-refractivity contribution < 1.29 is 9.53 Å². The molecule has 2 aromatic carbocycles. The van der Waals surface area contributed by atoms with E-state index in [1.165, 1.54) is 18.9 Å². The Kier molecular flexibility index (Phi) is 5.65. The molecule has 26 heavy (non-hydrogen) atoms. The van der Waals surface area contributed by atoms with Gasteiger partial charge in [0, 0.05) is 5.69 Å². The first-order valence-corrected chi connectivity index (χ1v) is 8.86. The Morgan fingerprint density at radius 2 is 2.08 bits per heavy atom. The molecule has 0 fully saturated rings. The second kappa shape index (κ2) is 8.11. The summed E-state index contributed by atoms with van der Waals surface area (Å²) in [7, 11) is 1.53. The first-order valence-electron chi connectivity index (χ1n) is 7.60. The number of nitrogen functional groups attached to an aromatic ring is 1. The molecule has 9 heteroatoms. The Hall–Kier alpha value is -2.71. The van der Waals surface area contributed by atoms with E-state index in [0.717, 1.165) is 5.56 Å². The lowest BCUT2D eigenvalue weighted by atomic mass is 10.1. The molecule has 3 rings (SSSR count). The average molecular weight is 390 g/mol. The Labute approximate surface area is 159 Å². The largest absolute Gasteiger partial charge is 0.495 e. The molecule has 1 aromatic heterocycles. The third-order valence-corrected chi connectivity index (χ3v) is 4.88. The van der Waals surface area contributed by atoms with Crippen molar-refractivity contribution in [3.8, 4) is 5.75 Å². The monoisotopic (exact) mass is 389 g/mol. The third-order valence-electron chi connectivity index (χ3n) is 3.47. The van der Waals surface area contributed by atoms with Crippen LogP contribution in [-0.2, 0) is 4.79 Å². The third kappa shape index (κ3) is 4.27. The van der Waals surface area contributed by atoms with Crippen molar-refractivity contribution in [1.29, 1.82) is 0 Å². The lowest BCUT2D eigenvalue weighted by molar-refractivity contribution is -0.115. The minimum atomic E-state index is -0.563. The van der Waals surface area contributed by atoms with Gasteiger partial charge < -0.3 is 15.8 Å². The van der Waals surface area contributed by atoms with E-state index in [0.29, 0.717) is 21.6 Å². The zero-order valence-electron chi connectivity index (χ0n) is 13.8. The van der Waals surface area contributed by atoms with E-state index in [1.54, 1.807) is 18.2 Å². The molecule has 0 bridgehead atoms. The Balaban J connectivity index is 1.83. The van der Waals surface area contributed by atoms with Crippen LogP contribution in [-0.4, -0.2) is 28.2 Å². The van der Waals surface area contributed by atoms with Crippen molar-refractivity contribution in [2.45, 2.75) is 10.4 Å². The number of H-pyrrole nitrogens is 1. The SMILES string of the molecule is COc1ccc(NC(=O)[C@H](Sc2n[nH]c(N)n2)c2ccccc2)cc1Cl. The second-order valence-corrected chi connectivity index (χ2v) is 6.73. The number of amides is 1. The lowest BCUT2D eigenvalue weighted by Crippen LogP contribution is -2.19. The molecular weight excluding hydrogens is 374 g/mol. The molecule has 1 amide bonds. The lowest BCUT2D eigenvalue weighted by Gasteiger charge is -2.16. The number of methoxy groups -OCH3 is 1. The minimum Gasteiger partial charge on any atom is -0.495 e. The average Bonchev–Trinajstić information content (AvgIpc) is 3.05. The van der Waals surface area contributed by atoms with Crippen molar-refractivity contribution in [2.75, 3.05) is 18.2 Å². The van der Waals surface area contributed by atoms with Crippen LogP contribution in [0.25, 0.3) is 0 Å². The van der Waals surface area contributed by atoms with Gasteiger partial charge in [-0.1, -0.05) is 53.7 Å². The van der Waals surface area contributed by atoms with E-state index in [-0.39, 0.29) is 11.9 Å². The van der Waals surface area contributed by atoms with Gasteiger partial charge in [0.2, 0.25) is 17.0 Å². The molecular formula is C17H16ClN5O2S. The van der Waals surface area contributed by atoms with E-state index >= 15 is 0 Å². The molecule has 0 saturated carbocycles. The van der Waals surface area contributed by atoms with E-state index in [2.05, 4.69) is 20.5 Å². The number of rotatable bonds is 6. The summed E-state index contributed by atoms with van der Waals surface area (Å²) in [4.78, 5) is 16.9. The van der Waals surface area contributed by atoms with Gasteiger partial charge in [-0.25, -0.2) is 5.10 Å². The molecule has 0 aliphatic carbocycles. The van der Waals surface area contributed by atoms with E-state index in [4.69, 9.17) is 22.1 Å². The standard InChI is InChI=1S/C17H16ClN5O2S/c1-25-13-8-7-11(9-12(13)18)20-15(24)14(10-5-3-2-4-6-10)26-17-21-16(19)22-23-17/h2-9,14H,1H3,(H,20,24)(H3,19,21,22,23)/t14-/m1/s1. The number of nitrogens with zero attached hydrogens (tertiary/aromatic N) is 2. The van der Waals surface area contributed by atoms with Gasteiger partial charge in [0.25, 0.3) is 0 Å². The van der Waals surface area contributed by atoms with Gasteiger partial charge in [-0.05, 0) is 23.8 Å². The first kappa shape index (κ1) is 18.1. The molecule has 0 unspecified atom stereocenters. The Morgan fingerprint density at radius 1 is 1.31 bits per heavy atom. The Bertz CT molecular complexity index is 903. The summed E-state index contributed by atoms with van der Waals surface area (Å²) in [5.41, 5.74) is 6.95. The molecule has 0 radical (unpaired) electrons. The molecule has 0 aliphatic rings. The zero-order valence-corrected chi connectivity index (χ0v) is 15.3. The van der Waals surface area contributed by atoms with Crippen LogP contribution in [0.15, 0.2) is 53.7 Å². The van der Waals surface area contributed by atoms with Gasteiger partial charge in [0.05, 0.1) is 12.1 Å². The molecule has 134 valence electrons. The number of aromatic amines is 1. The molecule has 0 saturated heterocycles. The van der Waals surface area contributed by atoms with Crippen LogP contribution in [0.1, 0.15) is 10.8 Å². The molecule has 3 aromatic rings. The summed E-state index contributed by atoms with van der Waals surface area (Å²) in [6, 6.07) is 14.4. The van der Waals surface area contributed by atoms with Gasteiger partial charge in [0.15, 0.2) is 0 Å². The number of anilines is 2. The fourth-order valence-corrected chi connectivity index (χ4v) is 3.45. The van der Waals surface area contributed by atoms with Gasteiger partial charge >= 0.3 is 0 Å². The summed E-state index contributed by atoms with van der Waals surface area (Å²) in [5, 5.41) is 9.66. The fourth-order valence-electron chi connectivity index (χ4n) is 2.27. The fraction of sp³-hybridized carbons (Fsp3) is 0.118. The van der Waals surface area contributed by atoms with Gasteiger partial charge in [-0.2, -0.15) is 4.98 Å². The van der Waals surface area contributed by atoms with Gasteiger partial charge in [-0.3, -0.25) is 4.79 Å². The van der Waals surface area contributed by atoms with Crippen molar-refractivity contribution >= 4 is 40.9 Å². The van der Waals surface area contributed by atoms with Crippen LogP contribution in [0.4, 0.5) is 11.6 Å². The number of carbonyl (C=O) groups is 1. The highest BCUT2D eigenvalue weighted by Gasteiger charge is 2.24. The molecule has 7 nitrogen and oxygen atoms in total. The smallest absolute Gasteiger partial charge is 0.242 e. The molecule has 1 atom stereocenters. The predicted octanol–water partition coefficient (Wildman–Crippen LogP) is 3.52. The number of aromatic nitrogens is 3. The maximum Gasteiger partial charge on any atom is 0.242 e. The Morgan fingerprint density at radius 3 is 2.69 bits per heavy atom. The maximum atomic E-state index is 12.9. The van der Waals surface area contributed by atoms with Crippen LogP contribution in [0.2, 0.25) is 5.02 Å². The number of nitrogens with two attached hydrogens (primary N) is 1. The summed E-state index contributed by atoms with van der Waals surface area (Å²) in [5.74, 6) is 0.502. The van der Waals surface area contributed by atoms with E-state index in [9.17, 15) is 4.79 Å². The van der Waals surface area contributed by atoms with Crippen LogP contribution < -0.4 is 15.8 Å². The predicted molar refractivity (Wildman–Crippen MR) is 102 cm³/mol. The number of hydrogen-bond acceptors (Lipinski definition) is 6. The number of nitrogens with one attached hydrogen (secondary N) is 2. The van der Waals surface area contributed by atoms with Crippen molar-refractivity contribution in [3.05, 3.63) is 59.1 Å². The van der Waals surface area contributed by atoms with Crippen molar-refractivity contribution in [3.63, 3.8) is 0 Å². The summed E-state index contributed by atoms with van der Waals surface area (Å²) in [6.07, 6.45) is 0. The van der Waals surface area contributed by atoms with Crippen molar-refractivity contribution in [1.82, 2.24) is 15.2 Å². The molecule has 0 aliphatic heterocycles. The highest BCUT2D eigenvalue weighted by Crippen LogP contribution is 2.35. The van der Waals surface area contributed by atoms with Crippen molar-refractivity contribution in [2.24, 2.45) is 0 Å². The number of halogens is 1. The minimum absolute atomic E-state index is 0.196. The highest BCUT2D eigenvalue weighted by molar-refractivity contribution is 8.00. The number of benzene rings is 2. The highest BCUT2D eigenvalue weighted by atomic mass is 35.5. The topological polar surface area (TPSA) is 106 Å². The number of thioether (sulfide) groups is 1. The zero-order chi connectivity index (χ0) is 18.5. The normalized spacial score (nSPS) is 11.8. The number of carbonyl (C=O) groups excluding carboxylic acids is 1. The number of ether oxygens (including phenoxy) is 1. The summed E-state index contributed by atoms with van der Waals surface area (Å²) >= 11 is 7.32. The van der Waals surface area contributed by atoms with Crippen LogP contribution in [0.3, 0.4) is 0 Å². The molecule has 1 heterocycles. The summed E-state index contributed by atoms with van der Waals surface area (Å²) < 4.78 is 5.12. The number of hydrogen-bond donors (Lipinski definition) is 3. The van der Waals surface area contributed by atoms with Crippen LogP contribution in [0.5, 0.6) is 5.75 Å². The maximum absolute atomic E-state index is 12.9.